The summed E-state index contributed by atoms with van der Waals surface area (Å²) < 4.78 is 0.381. The lowest BCUT2D eigenvalue weighted by Crippen LogP contribution is -2.23. The largest absolute Gasteiger partial charge is 0.422 e. The lowest BCUT2D eigenvalue weighted by Gasteiger charge is -2.09. The Morgan fingerprint density at radius 1 is 1.26 bits per heavy atom. The first-order valence-electron chi connectivity index (χ1n) is 6.60. The van der Waals surface area contributed by atoms with Crippen molar-refractivity contribution in [3.8, 4) is 0 Å². The molecule has 0 aliphatic rings. The van der Waals surface area contributed by atoms with Crippen molar-refractivity contribution in [1.29, 1.82) is 0 Å². The first kappa shape index (κ1) is 14.4. The Kier molecular flexibility index (Phi) is 3.59. The summed E-state index contributed by atoms with van der Waals surface area (Å²) in [4.78, 5) is 29.5. The molecule has 0 saturated heterocycles. The van der Waals surface area contributed by atoms with E-state index in [2.05, 4.69) is 15.3 Å². The monoisotopic (exact) mass is 313 g/mol. The SMILES string of the molecule is O=c1nc(NCc2ccc([N+](=O)[O-])cc2)c2cccnc2n1O. The van der Waals surface area contributed by atoms with E-state index in [1.807, 2.05) is 0 Å². The van der Waals surface area contributed by atoms with Crippen LogP contribution in [0.25, 0.3) is 11.0 Å². The molecule has 2 N–H and O–H groups in total. The number of nitro groups is 1. The predicted octanol–water partition coefficient (Wildman–Crippen LogP) is 1.55. The minimum atomic E-state index is -0.845. The van der Waals surface area contributed by atoms with E-state index in [1.165, 1.54) is 18.3 Å². The summed E-state index contributed by atoms with van der Waals surface area (Å²) in [6.07, 6.45) is 1.45. The van der Waals surface area contributed by atoms with Crippen LogP contribution in [0.1, 0.15) is 5.56 Å². The van der Waals surface area contributed by atoms with Gasteiger partial charge >= 0.3 is 5.69 Å². The Labute approximate surface area is 129 Å². The Bertz CT molecular complexity index is 936. The molecule has 0 saturated carbocycles. The van der Waals surface area contributed by atoms with Crippen molar-refractivity contribution in [3.05, 3.63) is 68.8 Å². The van der Waals surface area contributed by atoms with E-state index in [-0.39, 0.29) is 17.2 Å². The maximum absolute atomic E-state index is 11.6. The van der Waals surface area contributed by atoms with Gasteiger partial charge < -0.3 is 10.5 Å². The van der Waals surface area contributed by atoms with Gasteiger partial charge in [0.2, 0.25) is 0 Å². The number of pyridine rings is 1. The number of non-ortho nitro benzene ring substituents is 1. The summed E-state index contributed by atoms with van der Waals surface area (Å²) >= 11 is 0. The Morgan fingerprint density at radius 3 is 2.70 bits per heavy atom. The van der Waals surface area contributed by atoms with Crippen LogP contribution < -0.4 is 11.0 Å². The lowest BCUT2D eigenvalue weighted by atomic mass is 10.2. The van der Waals surface area contributed by atoms with E-state index in [1.54, 1.807) is 24.3 Å². The molecule has 23 heavy (non-hydrogen) atoms. The standard InChI is InChI=1S/C14H11N5O4/c20-14-17-12(11-2-1-7-15-13(11)18(14)21)16-8-9-3-5-10(6-4-9)19(22)23/h1-7,21H,8H2,(H,16,17,20). The number of hydrogen-bond acceptors (Lipinski definition) is 7. The third-order valence-electron chi connectivity index (χ3n) is 3.24. The minimum Gasteiger partial charge on any atom is -0.422 e. The van der Waals surface area contributed by atoms with Crippen molar-refractivity contribution in [2.24, 2.45) is 0 Å². The van der Waals surface area contributed by atoms with Gasteiger partial charge in [-0.15, -0.1) is 4.73 Å². The van der Waals surface area contributed by atoms with Gasteiger partial charge in [0, 0.05) is 24.9 Å². The van der Waals surface area contributed by atoms with E-state index in [4.69, 9.17) is 0 Å². The topological polar surface area (TPSA) is 123 Å². The molecule has 2 aromatic heterocycles. The van der Waals surface area contributed by atoms with E-state index in [0.717, 1.165) is 5.56 Å². The van der Waals surface area contributed by atoms with Crippen molar-refractivity contribution in [1.82, 2.24) is 14.7 Å². The molecule has 9 heteroatoms. The molecule has 0 amide bonds. The quantitative estimate of drug-likeness (QED) is 0.425. The van der Waals surface area contributed by atoms with Gasteiger partial charge in [0.05, 0.1) is 10.3 Å². The third kappa shape index (κ3) is 2.79. The average molecular weight is 313 g/mol. The van der Waals surface area contributed by atoms with Crippen molar-refractivity contribution < 1.29 is 10.1 Å². The second-order valence-corrected chi connectivity index (χ2v) is 4.71. The number of hydrogen-bond donors (Lipinski definition) is 2. The molecule has 0 aliphatic heterocycles. The molecule has 0 aliphatic carbocycles. The highest BCUT2D eigenvalue weighted by Gasteiger charge is 2.10. The maximum atomic E-state index is 11.6. The summed E-state index contributed by atoms with van der Waals surface area (Å²) in [6, 6.07) is 9.34. The molecule has 2 heterocycles. The first-order chi connectivity index (χ1) is 11.1. The van der Waals surface area contributed by atoms with Gasteiger partial charge in [-0.1, -0.05) is 12.1 Å². The molecule has 3 rings (SSSR count). The summed E-state index contributed by atoms with van der Waals surface area (Å²) in [5.74, 6) is 0.279. The lowest BCUT2D eigenvalue weighted by molar-refractivity contribution is -0.384. The van der Waals surface area contributed by atoms with Crippen molar-refractivity contribution in [3.63, 3.8) is 0 Å². The van der Waals surface area contributed by atoms with E-state index in [9.17, 15) is 20.1 Å². The number of fused-ring (bicyclic) bond motifs is 1. The number of nitro benzene ring substituents is 1. The van der Waals surface area contributed by atoms with Crippen LogP contribution in [0.2, 0.25) is 0 Å². The van der Waals surface area contributed by atoms with Crippen molar-refractivity contribution in [2.75, 3.05) is 5.32 Å². The van der Waals surface area contributed by atoms with Gasteiger partial charge in [-0.3, -0.25) is 10.1 Å². The number of nitrogens with one attached hydrogen (secondary N) is 1. The zero-order valence-corrected chi connectivity index (χ0v) is 11.7. The average Bonchev–Trinajstić information content (AvgIpc) is 2.57. The zero-order valence-electron chi connectivity index (χ0n) is 11.7. The predicted molar refractivity (Wildman–Crippen MR) is 81.4 cm³/mol. The van der Waals surface area contributed by atoms with Crippen LogP contribution in [0.3, 0.4) is 0 Å². The van der Waals surface area contributed by atoms with Gasteiger partial charge in [-0.2, -0.15) is 4.98 Å². The highest BCUT2D eigenvalue weighted by molar-refractivity contribution is 5.86. The molecule has 0 spiro atoms. The molecule has 116 valence electrons. The van der Waals surface area contributed by atoms with Crippen LogP contribution in [0, 0.1) is 10.1 Å². The Morgan fingerprint density at radius 2 is 2.00 bits per heavy atom. The molecule has 0 atom stereocenters. The van der Waals surface area contributed by atoms with E-state index < -0.39 is 10.6 Å². The number of anilines is 1. The molecular weight excluding hydrogens is 302 g/mol. The van der Waals surface area contributed by atoms with Gasteiger partial charge in [0.25, 0.3) is 5.69 Å². The van der Waals surface area contributed by atoms with Crippen LogP contribution in [-0.4, -0.2) is 24.8 Å². The zero-order chi connectivity index (χ0) is 16.4. The van der Waals surface area contributed by atoms with Crippen LogP contribution in [-0.2, 0) is 6.54 Å². The van der Waals surface area contributed by atoms with Crippen LogP contribution in [0.4, 0.5) is 11.5 Å². The van der Waals surface area contributed by atoms with Gasteiger partial charge in [-0.25, -0.2) is 9.78 Å². The fourth-order valence-electron chi connectivity index (χ4n) is 2.10. The van der Waals surface area contributed by atoms with Gasteiger partial charge in [0.1, 0.15) is 5.82 Å². The fraction of sp³-hybridized carbons (Fsp3) is 0.0714. The molecule has 3 aromatic rings. The minimum absolute atomic E-state index is 0.00408. The number of nitrogens with zero attached hydrogens (tertiary/aromatic N) is 4. The number of benzene rings is 1. The molecular formula is C14H11N5O4. The van der Waals surface area contributed by atoms with E-state index in [0.29, 0.717) is 16.7 Å². The summed E-state index contributed by atoms with van der Waals surface area (Å²) in [5.41, 5.74) is 0.0353. The van der Waals surface area contributed by atoms with Gasteiger partial charge in [-0.05, 0) is 17.7 Å². The van der Waals surface area contributed by atoms with Crippen LogP contribution >= 0.6 is 0 Å². The second kappa shape index (κ2) is 5.72. The highest BCUT2D eigenvalue weighted by Crippen LogP contribution is 2.18. The van der Waals surface area contributed by atoms with Crippen molar-refractivity contribution >= 4 is 22.5 Å². The molecule has 9 nitrogen and oxygen atoms in total. The fourth-order valence-corrected chi connectivity index (χ4v) is 2.10. The molecule has 0 fully saturated rings. The van der Waals surface area contributed by atoms with E-state index >= 15 is 0 Å². The summed E-state index contributed by atoms with van der Waals surface area (Å²) in [6.45, 7) is 0.309. The third-order valence-corrected chi connectivity index (χ3v) is 3.24. The Balaban J connectivity index is 1.89. The first-order valence-corrected chi connectivity index (χ1v) is 6.60. The Hall–Kier alpha value is -3.49. The van der Waals surface area contributed by atoms with Crippen LogP contribution in [0.15, 0.2) is 47.4 Å². The van der Waals surface area contributed by atoms with Gasteiger partial charge in [0.15, 0.2) is 5.65 Å². The number of aromatic nitrogens is 3. The number of rotatable bonds is 4. The second-order valence-electron chi connectivity index (χ2n) is 4.71. The highest BCUT2D eigenvalue weighted by atomic mass is 16.6. The normalized spacial score (nSPS) is 10.6. The van der Waals surface area contributed by atoms with Crippen LogP contribution in [0.5, 0.6) is 0 Å². The molecule has 0 radical (unpaired) electrons. The molecule has 0 bridgehead atoms. The maximum Gasteiger partial charge on any atom is 0.384 e. The molecule has 1 aromatic carbocycles. The smallest absolute Gasteiger partial charge is 0.384 e. The molecule has 0 unspecified atom stereocenters. The van der Waals surface area contributed by atoms with Crippen molar-refractivity contribution in [2.45, 2.75) is 6.54 Å². The summed E-state index contributed by atoms with van der Waals surface area (Å²) in [5, 5.41) is 23.7. The summed E-state index contributed by atoms with van der Waals surface area (Å²) in [7, 11) is 0.